The van der Waals surface area contributed by atoms with Gasteiger partial charge >= 0.3 is 0 Å². The molecule has 2 heterocycles. The number of nitrogens with one attached hydrogen (secondary N) is 1. The molecular formula is C29H37N5O. The molecule has 0 radical (unpaired) electrons. The molecule has 0 aliphatic carbocycles. The Kier molecular flexibility index (Phi) is 8.37. The number of hydrogen-bond donors (Lipinski definition) is 1. The summed E-state index contributed by atoms with van der Waals surface area (Å²) in [6, 6.07) is 20.6. The van der Waals surface area contributed by atoms with Crippen LogP contribution in [0.3, 0.4) is 0 Å². The van der Waals surface area contributed by atoms with E-state index < -0.39 is 0 Å². The van der Waals surface area contributed by atoms with Gasteiger partial charge in [-0.25, -0.2) is 0 Å². The first-order valence-electron chi connectivity index (χ1n) is 12.7. The van der Waals surface area contributed by atoms with E-state index in [1.165, 1.54) is 5.56 Å². The molecule has 0 unspecified atom stereocenters. The van der Waals surface area contributed by atoms with Gasteiger partial charge in [-0.1, -0.05) is 12.1 Å². The molecule has 0 bridgehead atoms. The van der Waals surface area contributed by atoms with E-state index in [9.17, 15) is 4.79 Å². The van der Waals surface area contributed by atoms with E-state index in [2.05, 4.69) is 64.0 Å². The van der Waals surface area contributed by atoms with Crippen LogP contribution in [0.15, 0.2) is 73.1 Å². The van der Waals surface area contributed by atoms with Gasteiger partial charge in [-0.2, -0.15) is 0 Å². The minimum absolute atomic E-state index is 0.0763. The summed E-state index contributed by atoms with van der Waals surface area (Å²) in [4.78, 5) is 24.4. The summed E-state index contributed by atoms with van der Waals surface area (Å²) < 4.78 is 0. The first kappa shape index (κ1) is 24.7. The third kappa shape index (κ3) is 6.40. The Balaban J connectivity index is 1.36. The predicted octanol–water partition coefficient (Wildman–Crippen LogP) is 4.93. The molecule has 1 aromatic heterocycles. The van der Waals surface area contributed by atoms with Crippen LogP contribution in [0.1, 0.15) is 36.7 Å². The number of nitrogens with zero attached hydrogens (tertiary/aromatic N) is 4. The van der Waals surface area contributed by atoms with E-state index in [4.69, 9.17) is 0 Å². The Morgan fingerprint density at radius 3 is 2.31 bits per heavy atom. The topological polar surface area (TPSA) is 51.7 Å². The van der Waals surface area contributed by atoms with Gasteiger partial charge in [0.15, 0.2) is 0 Å². The van der Waals surface area contributed by atoms with Crippen molar-refractivity contribution in [3.05, 3.63) is 84.2 Å². The number of carbonyl (C=O) groups is 1. The van der Waals surface area contributed by atoms with Crippen molar-refractivity contribution in [3.8, 4) is 0 Å². The van der Waals surface area contributed by atoms with Gasteiger partial charge in [0.25, 0.3) is 5.91 Å². The van der Waals surface area contributed by atoms with Crippen molar-refractivity contribution < 1.29 is 4.79 Å². The van der Waals surface area contributed by atoms with Gasteiger partial charge in [-0.3, -0.25) is 14.7 Å². The Morgan fingerprint density at radius 1 is 0.971 bits per heavy atom. The molecule has 2 aromatic carbocycles. The first-order valence-corrected chi connectivity index (χ1v) is 12.7. The van der Waals surface area contributed by atoms with Gasteiger partial charge in [-0.15, -0.1) is 0 Å². The van der Waals surface area contributed by atoms with E-state index in [1.807, 2.05) is 54.9 Å². The minimum atomic E-state index is -0.0763. The average molecular weight is 472 g/mol. The van der Waals surface area contributed by atoms with Crippen LogP contribution >= 0.6 is 0 Å². The van der Waals surface area contributed by atoms with Crippen molar-refractivity contribution in [1.29, 1.82) is 0 Å². The van der Waals surface area contributed by atoms with Crippen LogP contribution in [0, 0.1) is 0 Å². The summed E-state index contributed by atoms with van der Waals surface area (Å²) in [5.41, 5.74) is 5.09. The summed E-state index contributed by atoms with van der Waals surface area (Å²) in [5.74, 6) is -0.0763. The van der Waals surface area contributed by atoms with Crippen LogP contribution < -0.4 is 15.1 Å². The van der Waals surface area contributed by atoms with Crippen LogP contribution in [-0.4, -0.2) is 61.1 Å². The molecule has 6 nitrogen and oxygen atoms in total. The van der Waals surface area contributed by atoms with Crippen LogP contribution in [0.5, 0.6) is 0 Å². The molecule has 1 saturated heterocycles. The van der Waals surface area contributed by atoms with Crippen molar-refractivity contribution in [2.45, 2.75) is 33.2 Å². The number of anilines is 3. The van der Waals surface area contributed by atoms with E-state index >= 15 is 0 Å². The number of piperazine rings is 1. The third-order valence-electron chi connectivity index (χ3n) is 6.76. The van der Waals surface area contributed by atoms with Gasteiger partial charge in [0.1, 0.15) is 0 Å². The fraction of sp³-hybridized carbons (Fsp3) is 0.379. The van der Waals surface area contributed by atoms with Crippen LogP contribution in [0.4, 0.5) is 17.1 Å². The van der Waals surface area contributed by atoms with Gasteiger partial charge in [0.2, 0.25) is 0 Å². The Bertz CT molecular complexity index is 1080. The minimum Gasteiger partial charge on any atom is -0.369 e. The maximum Gasteiger partial charge on any atom is 0.255 e. The number of carbonyl (C=O) groups excluding carboxylic acids is 1. The van der Waals surface area contributed by atoms with Crippen LogP contribution in [-0.2, 0) is 6.42 Å². The maximum atomic E-state index is 13.0. The standard InChI is InChI=1S/C29H37N5O/c1-4-34(23(2)3)26-11-9-25(10-12-26)29(35)31-27-7-5-6-8-28(27)33-21-19-32(20-22-33)18-15-24-13-16-30-17-14-24/h5-14,16-17,23H,4,15,18-22H2,1-3H3,(H,31,35). The fourth-order valence-corrected chi connectivity index (χ4v) is 4.75. The summed E-state index contributed by atoms with van der Waals surface area (Å²) in [6.07, 6.45) is 4.76. The Morgan fingerprint density at radius 2 is 1.66 bits per heavy atom. The highest BCUT2D eigenvalue weighted by Crippen LogP contribution is 2.27. The van der Waals surface area contributed by atoms with E-state index in [0.29, 0.717) is 11.6 Å². The number of rotatable bonds is 9. The van der Waals surface area contributed by atoms with Crippen molar-refractivity contribution >= 4 is 23.0 Å². The smallest absolute Gasteiger partial charge is 0.255 e. The van der Waals surface area contributed by atoms with Crippen molar-refractivity contribution in [2.75, 3.05) is 54.4 Å². The van der Waals surface area contributed by atoms with Gasteiger partial charge in [-0.05, 0) is 81.3 Å². The number of para-hydroxylation sites is 2. The number of aromatic nitrogens is 1. The highest BCUT2D eigenvalue weighted by Gasteiger charge is 2.20. The highest BCUT2D eigenvalue weighted by molar-refractivity contribution is 6.06. The second kappa shape index (κ2) is 11.8. The first-order chi connectivity index (χ1) is 17.0. The molecule has 4 rings (SSSR count). The quantitative estimate of drug-likeness (QED) is 0.479. The summed E-state index contributed by atoms with van der Waals surface area (Å²) in [7, 11) is 0. The number of hydrogen-bond acceptors (Lipinski definition) is 5. The second-order valence-electron chi connectivity index (χ2n) is 9.33. The molecule has 1 aliphatic rings. The predicted molar refractivity (Wildman–Crippen MR) is 146 cm³/mol. The van der Waals surface area contributed by atoms with Gasteiger partial charge in [0, 0.05) is 69.0 Å². The lowest BCUT2D eigenvalue weighted by Crippen LogP contribution is -2.47. The zero-order valence-corrected chi connectivity index (χ0v) is 21.2. The van der Waals surface area contributed by atoms with Gasteiger partial charge in [0.05, 0.1) is 11.4 Å². The second-order valence-corrected chi connectivity index (χ2v) is 9.33. The number of benzene rings is 2. The molecule has 3 aromatic rings. The summed E-state index contributed by atoms with van der Waals surface area (Å²) >= 11 is 0. The molecule has 0 saturated carbocycles. The number of amides is 1. The zero-order chi connectivity index (χ0) is 24.6. The largest absolute Gasteiger partial charge is 0.369 e. The number of pyridine rings is 1. The monoisotopic (exact) mass is 471 g/mol. The molecule has 6 heteroatoms. The average Bonchev–Trinajstić information content (AvgIpc) is 2.89. The third-order valence-corrected chi connectivity index (χ3v) is 6.76. The molecule has 1 aliphatic heterocycles. The fourth-order valence-electron chi connectivity index (χ4n) is 4.75. The molecule has 0 atom stereocenters. The van der Waals surface area contributed by atoms with Crippen LogP contribution in [0.25, 0.3) is 0 Å². The normalized spacial score (nSPS) is 14.2. The summed E-state index contributed by atoms with van der Waals surface area (Å²) in [6.45, 7) is 12.4. The maximum absolute atomic E-state index is 13.0. The zero-order valence-electron chi connectivity index (χ0n) is 21.2. The highest BCUT2D eigenvalue weighted by atomic mass is 16.1. The lowest BCUT2D eigenvalue weighted by atomic mass is 10.1. The Hall–Kier alpha value is -3.38. The van der Waals surface area contributed by atoms with Gasteiger partial charge < -0.3 is 15.1 Å². The van der Waals surface area contributed by atoms with Crippen molar-refractivity contribution in [1.82, 2.24) is 9.88 Å². The lowest BCUT2D eigenvalue weighted by Gasteiger charge is -2.37. The molecule has 0 spiro atoms. The lowest BCUT2D eigenvalue weighted by molar-refractivity contribution is 0.102. The van der Waals surface area contributed by atoms with E-state index in [0.717, 1.165) is 62.8 Å². The molecule has 1 N–H and O–H groups in total. The van der Waals surface area contributed by atoms with Crippen molar-refractivity contribution in [3.63, 3.8) is 0 Å². The molecule has 184 valence electrons. The van der Waals surface area contributed by atoms with Crippen molar-refractivity contribution in [2.24, 2.45) is 0 Å². The van der Waals surface area contributed by atoms with E-state index in [1.54, 1.807) is 0 Å². The molecule has 1 amide bonds. The summed E-state index contributed by atoms with van der Waals surface area (Å²) in [5, 5.41) is 3.15. The molecule has 35 heavy (non-hydrogen) atoms. The molecular weight excluding hydrogens is 434 g/mol. The van der Waals surface area contributed by atoms with E-state index in [-0.39, 0.29) is 5.91 Å². The Labute approximate surface area is 209 Å². The van der Waals surface area contributed by atoms with Crippen LogP contribution in [0.2, 0.25) is 0 Å². The SMILES string of the molecule is CCN(c1ccc(C(=O)Nc2ccccc2N2CCN(CCc3ccncc3)CC2)cc1)C(C)C. The molecule has 1 fully saturated rings.